The van der Waals surface area contributed by atoms with Crippen LogP contribution in [0.25, 0.3) is 0 Å². The molecule has 0 spiro atoms. The van der Waals surface area contributed by atoms with Crippen LogP contribution >= 0.6 is 0 Å². The summed E-state index contributed by atoms with van der Waals surface area (Å²) in [6, 6.07) is 8.17. The van der Waals surface area contributed by atoms with Gasteiger partial charge in [0, 0.05) is 6.54 Å². The highest BCUT2D eigenvalue weighted by molar-refractivity contribution is 5.34. The Morgan fingerprint density at radius 2 is 2.11 bits per heavy atom. The van der Waals surface area contributed by atoms with Crippen molar-refractivity contribution < 1.29 is 13.5 Å². The third-order valence-electron chi connectivity index (χ3n) is 3.04. The molecule has 1 atom stereocenters. The Balaban J connectivity index is 2.06. The number of ether oxygens (including phenoxy) is 1. The zero-order chi connectivity index (χ0) is 13.2. The molecule has 0 radical (unpaired) electrons. The van der Waals surface area contributed by atoms with Gasteiger partial charge in [-0.1, -0.05) is 6.92 Å². The Hall–Kier alpha value is -1.67. The molecule has 18 heavy (non-hydrogen) atoms. The lowest BCUT2D eigenvalue weighted by atomic mass is 10.2. The molecule has 2 rings (SSSR count). The van der Waals surface area contributed by atoms with Gasteiger partial charge >= 0.3 is 0 Å². The summed E-state index contributed by atoms with van der Waals surface area (Å²) in [7, 11) is 0. The topological polar surface area (TPSA) is 36.3 Å². The number of likely N-dealkylation sites (tertiary alicyclic amines) is 1. The van der Waals surface area contributed by atoms with E-state index in [2.05, 4.69) is 0 Å². The fourth-order valence-electron chi connectivity index (χ4n) is 1.97. The Morgan fingerprint density at radius 1 is 1.44 bits per heavy atom. The van der Waals surface area contributed by atoms with Crippen LogP contribution in [0.4, 0.5) is 8.78 Å². The molecule has 1 aliphatic rings. The predicted molar refractivity (Wildman–Crippen MR) is 62.6 cm³/mol. The van der Waals surface area contributed by atoms with Gasteiger partial charge in [0.05, 0.1) is 18.2 Å². The van der Waals surface area contributed by atoms with Gasteiger partial charge in [0.1, 0.15) is 5.75 Å². The van der Waals surface area contributed by atoms with Crippen LogP contribution in [0.2, 0.25) is 0 Å². The number of nitriles is 1. The van der Waals surface area contributed by atoms with Gasteiger partial charge in [-0.2, -0.15) is 5.26 Å². The van der Waals surface area contributed by atoms with E-state index in [1.807, 2.05) is 13.0 Å². The first-order valence-corrected chi connectivity index (χ1v) is 5.82. The molecule has 1 saturated heterocycles. The Bertz CT molecular complexity index is 453. The summed E-state index contributed by atoms with van der Waals surface area (Å²) < 4.78 is 32.6. The molecule has 5 heteroatoms. The average Bonchev–Trinajstić information content (AvgIpc) is 2.65. The van der Waals surface area contributed by atoms with E-state index in [4.69, 9.17) is 10.00 Å². The highest BCUT2D eigenvalue weighted by Crippen LogP contribution is 2.31. The number of likely N-dealkylation sites (N-methyl/N-ethyl adjacent to an activating group) is 1. The monoisotopic (exact) mass is 252 g/mol. The van der Waals surface area contributed by atoms with E-state index in [1.165, 1.54) is 0 Å². The van der Waals surface area contributed by atoms with Crippen LogP contribution < -0.4 is 4.74 Å². The second-order valence-corrected chi connectivity index (χ2v) is 4.33. The molecule has 1 fully saturated rings. The summed E-state index contributed by atoms with van der Waals surface area (Å²) >= 11 is 0. The summed E-state index contributed by atoms with van der Waals surface area (Å²) in [6.07, 6.45) is -1.12. The van der Waals surface area contributed by atoms with Gasteiger partial charge < -0.3 is 4.74 Å². The third kappa shape index (κ3) is 2.59. The SMILES string of the molecule is CCN1C[C@H](Oc2ccc(C#N)cc2)C(F)(F)C1. The van der Waals surface area contributed by atoms with E-state index in [0.29, 0.717) is 17.9 Å². The summed E-state index contributed by atoms with van der Waals surface area (Å²) in [6.45, 7) is 2.40. The molecule has 0 aromatic heterocycles. The van der Waals surface area contributed by atoms with Crippen molar-refractivity contribution in [2.24, 2.45) is 0 Å². The van der Waals surface area contributed by atoms with Gasteiger partial charge in [0.2, 0.25) is 0 Å². The van der Waals surface area contributed by atoms with Gasteiger partial charge in [-0.3, -0.25) is 4.90 Å². The first kappa shape index (κ1) is 12.8. The van der Waals surface area contributed by atoms with Crippen LogP contribution in [0.15, 0.2) is 24.3 Å². The molecule has 1 aliphatic heterocycles. The van der Waals surface area contributed by atoms with E-state index >= 15 is 0 Å². The van der Waals surface area contributed by atoms with Crippen LogP contribution in [-0.4, -0.2) is 36.6 Å². The zero-order valence-corrected chi connectivity index (χ0v) is 10.1. The van der Waals surface area contributed by atoms with Gasteiger partial charge in [0.25, 0.3) is 5.92 Å². The van der Waals surface area contributed by atoms with Crippen molar-refractivity contribution in [3.8, 4) is 11.8 Å². The van der Waals surface area contributed by atoms with Crippen LogP contribution in [0, 0.1) is 11.3 Å². The highest BCUT2D eigenvalue weighted by atomic mass is 19.3. The van der Waals surface area contributed by atoms with Gasteiger partial charge in [-0.15, -0.1) is 0 Å². The summed E-state index contributed by atoms with van der Waals surface area (Å²) in [5.74, 6) is -2.46. The van der Waals surface area contributed by atoms with Crippen LogP contribution in [0.1, 0.15) is 12.5 Å². The number of rotatable bonds is 3. The maximum absolute atomic E-state index is 13.7. The quantitative estimate of drug-likeness (QED) is 0.828. The van der Waals surface area contributed by atoms with Crippen molar-refractivity contribution in [1.82, 2.24) is 4.90 Å². The van der Waals surface area contributed by atoms with E-state index < -0.39 is 12.0 Å². The Kier molecular flexibility index (Phi) is 3.48. The van der Waals surface area contributed by atoms with Crippen molar-refractivity contribution in [2.45, 2.75) is 19.0 Å². The number of nitrogens with zero attached hydrogens (tertiary/aromatic N) is 2. The minimum atomic E-state index is -2.83. The number of hydrogen-bond acceptors (Lipinski definition) is 3. The fourth-order valence-corrected chi connectivity index (χ4v) is 1.97. The summed E-state index contributed by atoms with van der Waals surface area (Å²) in [4.78, 5) is 1.66. The molecule has 0 bridgehead atoms. The lowest BCUT2D eigenvalue weighted by molar-refractivity contribution is -0.0618. The average molecular weight is 252 g/mol. The number of benzene rings is 1. The van der Waals surface area contributed by atoms with E-state index in [0.717, 1.165) is 0 Å². The van der Waals surface area contributed by atoms with Gasteiger partial charge in [0.15, 0.2) is 6.10 Å². The van der Waals surface area contributed by atoms with E-state index in [-0.39, 0.29) is 13.1 Å². The Labute approximate surface area is 105 Å². The number of hydrogen-bond donors (Lipinski definition) is 0. The molecule has 0 saturated carbocycles. The molecule has 0 aliphatic carbocycles. The van der Waals surface area contributed by atoms with Crippen LogP contribution in [0.3, 0.4) is 0 Å². The molecule has 1 aromatic rings. The smallest absolute Gasteiger partial charge is 0.297 e. The molecule has 96 valence electrons. The van der Waals surface area contributed by atoms with Crippen molar-refractivity contribution in [2.75, 3.05) is 19.6 Å². The minimum absolute atomic E-state index is 0.226. The predicted octanol–water partition coefficient (Wildman–Crippen LogP) is 2.28. The standard InChI is InChI=1S/C13H14F2N2O/c1-2-17-8-12(13(14,15)9-17)18-11-5-3-10(7-16)4-6-11/h3-6,12H,2,8-9H2,1H3/t12-/m0/s1. The summed E-state index contributed by atoms with van der Waals surface area (Å²) in [5, 5.41) is 8.64. The van der Waals surface area contributed by atoms with E-state index in [9.17, 15) is 8.78 Å². The first-order valence-electron chi connectivity index (χ1n) is 5.82. The molecular weight excluding hydrogens is 238 g/mol. The first-order chi connectivity index (χ1) is 8.55. The second kappa shape index (κ2) is 4.91. The Morgan fingerprint density at radius 3 is 2.61 bits per heavy atom. The van der Waals surface area contributed by atoms with Crippen molar-refractivity contribution in [3.05, 3.63) is 29.8 Å². The number of halogens is 2. The third-order valence-corrected chi connectivity index (χ3v) is 3.04. The van der Waals surface area contributed by atoms with Crippen molar-refractivity contribution >= 4 is 0 Å². The largest absolute Gasteiger partial charge is 0.483 e. The molecule has 1 heterocycles. The molecule has 1 aromatic carbocycles. The van der Waals surface area contributed by atoms with Crippen molar-refractivity contribution in [3.63, 3.8) is 0 Å². The fraction of sp³-hybridized carbons (Fsp3) is 0.462. The van der Waals surface area contributed by atoms with Crippen LogP contribution in [-0.2, 0) is 0 Å². The maximum atomic E-state index is 13.7. The van der Waals surface area contributed by atoms with Gasteiger partial charge in [-0.05, 0) is 30.8 Å². The minimum Gasteiger partial charge on any atom is -0.483 e. The molecule has 0 amide bonds. The highest BCUT2D eigenvalue weighted by Gasteiger charge is 2.49. The second-order valence-electron chi connectivity index (χ2n) is 4.33. The normalized spacial score (nSPS) is 22.7. The molecule has 3 nitrogen and oxygen atoms in total. The molecule has 0 N–H and O–H groups in total. The molecule has 0 unspecified atom stereocenters. The lowest BCUT2D eigenvalue weighted by Gasteiger charge is -2.19. The summed E-state index contributed by atoms with van der Waals surface area (Å²) in [5.41, 5.74) is 0.482. The van der Waals surface area contributed by atoms with Gasteiger partial charge in [-0.25, -0.2) is 8.78 Å². The van der Waals surface area contributed by atoms with Crippen molar-refractivity contribution in [1.29, 1.82) is 5.26 Å². The van der Waals surface area contributed by atoms with E-state index in [1.54, 1.807) is 29.2 Å². The maximum Gasteiger partial charge on any atom is 0.297 e. The zero-order valence-electron chi connectivity index (χ0n) is 10.1. The molecular formula is C13H14F2N2O. The lowest BCUT2D eigenvalue weighted by Crippen LogP contribution is -2.36. The van der Waals surface area contributed by atoms with Crippen LogP contribution in [0.5, 0.6) is 5.75 Å². The number of alkyl halides is 2.